The molecule has 0 spiro atoms. The fourth-order valence-corrected chi connectivity index (χ4v) is 7.87. The summed E-state index contributed by atoms with van der Waals surface area (Å²) in [7, 11) is -1.00. The highest BCUT2D eigenvalue weighted by Gasteiger charge is 2.53. The van der Waals surface area contributed by atoms with E-state index in [0.717, 1.165) is 39.5 Å². The molecule has 0 radical (unpaired) electrons. The maximum atomic E-state index is 13.9. The average Bonchev–Trinajstić information content (AvgIpc) is 3.06. The molecule has 5 nitrogen and oxygen atoms in total. The number of rotatable bonds is 6. The lowest BCUT2D eigenvalue weighted by Crippen LogP contribution is -2.50. The third-order valence-corrected chi connectivity index (χ3v) is 9.87. The second-order valence-corrected chi connectivity index (χ2v) is 12.2. The molecule has 4 atom stereocenters. The Hall–Kier alpha value is -4.26. The van der Waals surface area contributed by atoms with Crippen molar-refractivity contribution in [1.29, 1.82) is 0 Å². The number of ketones is 2. The Labute approximate surface area is 258 Å². The summed E-state index contributed by atoms with van der Waals surface area (Å²) in [6.07, 6.45) is 4.77. The summed E-state index contributed by atoms with van der Waals surface area (Å²) < 4.78 is 6.26. The highest BCUT2D eigenvalue weighted by Crippen LogP contribution is 2.51. The third kappa shape index (κ3) is 4.92. The minimum Gasteiger partial charge on any atom is -0.507 e. The molecule has 6 heteroatoms. The maximum absolute atomic E-state index is 13.9. The van der Waals surface area contributed by atoms with Gasteiger partial charge in [0.25, 0.3) is 0 Å². The molecule has 0 amide bonds. The molecule has 1 saturated heterocycles. The van der Waals surface area contributed by atoms with Gasteiger partial charge in [-0.15, -0.1) is 0 Å². The zero-order valence-electron chi connectivity index (χ0n) is 24.8. The van der Waals surface area contributed by atoms with Gasteiger partial charge in [-0.3, -0.25) is 9.59 Å². The predicted octanol–water partition coefficient (Wildman–Crippen LogP) is 7.78. The number of phenolic OH excluding ortho intramolecular Hbond substituents is 1. The molecule has 2 N–H and O–H groups in total. The van der Waals surface area contributed by atoms with E-state index >= 15 is 0 Å². The molecule has 44 heavy (non-hydrogen) atoms. The van der Waals surface area contributed by atoms with E-state index in [1.807, 2.05) is 60.7 Å². The van der Waals surface area contributed by atoms with Crippen molar-refractivity contribution >= 4 is 41.1 Å². The summed E-state index contributed by atoms with van der Waals surface area (Å²) in [5, 5.41) is 23.2. The van der Waals surface area contributed by atoms with Gasteiger partial charge >= 0.3 is 7.12 Å². The summed E-state index contributed by atoms with van der Waals surface area (Å²) in [4.78, 5) is 27.6. The molecule has 1 fully saturated rings. The quantitative estimate of drug-likeness (QED) is 0.138. The van der Waals surface area contributed by atoms with Gasteiger partial charge in [-0.25, -0.2) is 0 Å². The van der Waals surface area contributed by atoms with Crippen LogP contribution in [0.15, 0.2) is 102 Å². The number of allylic oxidation sites excluding steroid dienone is 2. The first-order chi connectivity index (χ1) is 21.4. The minimum atomic E-state index is -1.00. The molecule has 0 aromatic heterocycles. The molecule has 0 saturated carbocycles. The molecule has 4 aromatic rings. The van der Waals surface area contributed by atoms with Crippen molar-refractivity contribution in [2.75, 3.05) is 0 Å². The first-order valence-corrected chi connectivity index (χ1v) is 15.6. The maximum Gasteiger partial charge on any atom is 0.455 e. The molecule has 4 aromatic carbocycles. The van der Waals surface area contributed by atoms with Gasteiger partial charge in [-0.2, -0.15) is 0 Å². The zero-order valence-corrected chi connectivity index (χ0v) is 24.8. The molecule has 0 unspecified atom stereocenters. The van der Waals surface area contributed by atoms with Gasteiger partial charge in [0.05, 0.1) is 6.10 Å². The van der Waals surface area contributed by atoms with Crippen LogP contribution in [0.5, 0.6) is 5.75 Å². The Morgan fingerprint density at radius 2 is 1.55 bits per heavy atom. The molecule has 1 heterocycles. The number of phenols is 1. The van der Waals surface area contributed by atoms with Gasteiger partial charge in [-0.1, -0.05) is 104 Å². The molecular formula is C38H35BO5. The van der Waals surface area contributed by atoms with Gasteiger partial charge in [0.15, 0.2) is 11.6 Å². The lowest BCUT2D eigenvalue weighted by Gasteiger charge is -2.47. The van der Waals surface area contributed by atoms with Crippen molar-refractivity contribution in [1.82, 2.24) is 0 Å². The molecule has 0 bridgehead atoms. The van der Waals surface area contributed by atoms with E-state index in [9.17, 15) is 19.7 Å². The van der Waals surface area contributed by atoms with Gasteiger partial charge < -0.3 is 14.8 Å². The number of hydrogen-bond acceptors (Lipinski definition) is 5. The Balaban J connectivity index is 1.25. The second-order valence-electron chi connectivity index (χ2n) is 12.2. The summed E-state index contributed by atoms with van der Waals surface area (Å²) in [5.74, 6) is -0.788. The van der Waals surface area contributed by atoms with Gasteiger partial charge in [0, 0.05) is 28.3 Å². The van der Waals surface area contributed by atoms with Gasteiger partial charge in [-0.05, 0) is 71.6 Å². The summed E-state index contributed by atoms with van der Waals surface area (Å²) in [6.45, 7) is 2.11. The van der Waals surface area contributed by atoms with Crippen LogP contribution < -0.4 is 0 Å². The van der Waals surface area contributed by atoms with Crippen LogP contribution in [0.1, 0.15) is 64.4 Å². The van der Waals surface area contributed by atoms with E-state index in [1.54, 1.807) is 18.2 Å². The Morgan fingerprint density at radius 3 is 2.30 bits per heavy atom. The number of benzene rings is 4. The Bertz CT molecular complexity index is 1820. The number of fused-ring (bicyclic) bond motifs is 5. The smallest absolute Gasteiger partial charge is 0.455 e. The van der Waals surface area contributed by atoms with Gasteiger partial charge in [0.1, 0.15) is 5.75 Å². The molecule has 2 aliphatic carbocycles. The van der Waals surface area contributed by atoms with Gasteiger partial charge in [0.2, 0.25) is 0 Å². The van der Waals surface area contributed by atoms with E-state index in [-0.39, 0.29) is 29.3 Å². The van der Waals surface area contributed by atoms with Crippen molar-refractivity contribution in [2.45, 2.75) is 45.0 Å². The number of aromatic hydroxyl groups is 1. The Morgan fingerprint density at radius 1 is 0.864 bits per heavy atom. The van der Waals surface area contributed by atoms with Crippen LogP contribution in [-0.2, 0) is 4.65 Å². The fraction of sp³-hybridized carbons (Fsp3) is 0.263. The minimum absolute atomic E-state index is 0.0137. The second kappa shape index (κ2) is 11.7. The topological polar surface area (TPSA) is 83.8 Å². The summed E-state index contributed by atoms with van der Waals surface area (Å²) in [5.41, 5.74) is 6.55. The van der Waals surface area contributed by atoms with Crippen molar-refractivity contribution in [2.24, 2.45) is 17.8 Å². The van der Waals surface area contributed by atoms with Crippen LogP contribution in [0.3, 0.4) is 0 Å². The number of hydrogen-bond donors (Lipinski definition) is 2. The van der Waals surface area contributed by atoms with E-state index in [2.05, 4.69) is 25.1 Å². The van der Waals surface area contributed by atoms with E-state index in [4.69, 9.17) is 4.65 Å². The first kappa shape index (κ1) is 28.5. The summed E-state index contributed by atoms with van der Waals surface area (Å²) in [6, 6.07) is 28.9. The number of carbonyl (C=O) groups is 2. The van der Waals surface area contributed by atoms with Crippen molar-refractivity contribution in [3.63, 3.8) is 0 Å². The lowest BCUT2D eigenvalue weighted by atomic mass is 9.54. The monoisotopic (exact) mass is 582 g/mol. The van der Waals surface area contributed by atoms with E-state index < -0.39 is 19.0 Å². The van der Waals surface area contributed by atoms with Crippen molar-refractivity contribution < 1.29 is 24.4 Å². The van der Waals surface area contributed by atoms with Crippen LogP contribution in [0.2, 0.25) is 6.32 Å². The van der Waals surface area contributed by atoms with Crippen molar-refractivity contribution in [3.8, 4) is 5.75 Å². The summed E-state index contributed by atoms with van der Waals surface area (Å²) >= 11 is 0. The standard InChI is InChI=1S/C38H35BO5/c1-2-23-21-31-36(38(42)30-15-9-8-14-29(30)37(31)41)32-22-39(43)44-34(35(23)32)19-17-25(24-10-4-3-5-11-24)20-26-16-18-33(40)28-13-7-6-12-27(26)28/h3-16,18,20,31-32,34,36,40,43H,2,17,19,21-22H2,1H3/b25-20-/t31-,32+,34-,36-/m1/s1. The van der Waals surface area contributed by atoms with Crippen LogP contribution in [-0.4, -0.2) is 34.9 Å². The van der Waals surface area contributed by atoms with E-state index in [0.29, 0.717) is 36.7 Å². The molecular weight excluding hydrogens is 547 g/mol. The molecule has 220 valence electrons. The highest BCUT2D eigenvalue weighted by atomic mass is 16.5. The number of carbonyl (C=O) groups excluding carboxylic acids is 2. The third-order valence-electron chi connectivity index (χ3n) is 9.87. The van der Waals surface area contributed by atoms with Crippen LogP contribution in [0, 0.1) is 17.8 Å². The van der Waals surface area contributed by atoms with Crippen LogP contribution >= 0.6 is 0 Å². The van der Waals surface area contributed by atoms with E-state index in [1.165, 1.54) is 5.57 Å². The van der Waals surface area contributed by atoms with Crippen molar-refractivity contribution in [3.05, 3.63) is 124 Å². The normalized spacial score (nSPS) is 23.4. The average molecular weight is 583 g/mol. The molecule has 7 rings (SSSR count). The SMILES string of the molecule is CCC1=C2[C@@H](CC/C(=C/c3ccc(O)c4ccccc34)c3ccccc3)OB(O)C[C@@H]2[C@@H]2C(=O)c3ccccc3C(=O)[C@@H]2C1. The highest BCUT2D eigenvalue weighted by molar-refractivity contribution is 6.43. The first-order valence-electron chi connectivity index (χ1n) is 15.6. The fourth-order valence-electron chi connectivity index (χ4n) is 7.87. The largest absolute Gasteiger partial charge is 0.507 e. The predicted molar refractivity (Wildman–Crippen MR) is 174 cm³/mol. The molecule has 3 aliphatic rings. The molecule has 1 aliphatic heterocycles. The zero-order chi connectivity index (χ0) is 30.4. The van der Waals surface area contributed by atoms with Crippen LogP contribution in [0.4, 0.5) is 0 Å². The lowest BCUT2D eigenvalue weighted by molar-refractivity contribution is 0.0600. The number of Topliss-reactive ketones (excluding diaryl/α,β-unsaturated/α-hetero) is 2. The van der Waals surface area contributed by atoms with Crippen LogP contribution in [0.25, 0.3) is 22.4 Å². The Kier molecular flexibility index (Phi) is 7.57.